The monoisotopic (exact) mass is 252 g/mol. The summed E-state index contributed by atoms with van der Waals surface area (Å²) < 4.78 is 26.9. The number of H-pyrrole nitrogens is 1. The third-order valence-corrected chi connectivity index (χ3v) is 2.85. The highest BCUT2D eigenvalue weighted by atomic mass is 35.5. The van der Waals surface area contributed by atoms with Crippen LogP contribution in [0.5, 0.6) is 0 Å². The molecule has 0 fully saturated rings. The van der Waals surface area contributed by atoms with Crippen LogP contribution < -0.4 is 0 Å². The zero-order valence-corrected chi connectivity index (χ0v) is 9.57. The molecular formula is C12H7ClF2N2. The number of hydrogen-bond donors (Lipinski definition) is 1. The fourth-order valence-electron chi connectivity index (χ4n) is 1.68. The van der Waals surface area contributed by atoms with Gasteiger partial charge in [-0.1, -0.05) is 11.6 Å². The fraction of sp³-hybridized carbons (Fsp3) is 0.0833. The normalized spacial score (nSPS) is 10.3. The largest absolute Gasteiger partial charge is 0.363 e. The van der Waals surface area contributed by atoms with E-state index in [1.54, 1.807) is 6.92 Å². The molecule has 86 valence electrons. The van der Waals surface area contributed by atoms with E-state index in [0.717, 1.165) is 6.07 Å². The minimum Gasteiger partial charge on any atom is -0.363 e. The van der Waals surface area contributed by atoms with Crippen LogP contribution in [0, 0.1) is 29.9 Å². The van der Waals surface area contributed by atoms with E-state index in [-0.39, 0.29) is 5.56 Å². The summed E-state index contributed by atoms with van der Waals surface area (Å²) in [6, 6.07) is 4.29. The Morgan fingerprint density at radius 3 is 2.71 bits per heavy atom. The highest BCUT2D eigenvalue weighted by Gasteiger charge is 2.18. The lowest BCUT2D eigenvalue weighted by molar-refractivity contribution is 0.586. The van der Waals surface area contributed by atoms with Crippen LogP contribution in [0.25, 0.3) is 11.1 Å². The number of halogens is 3. The number of benzene rings is 1. The van der Waals surface area contributed by atoms with Gasteiger partial charge < -0.3 is 4.98 Å². The van der Waals surface area contributed by atoms with Crippen LogP contribution in [-0.4, -0.2) is 4.98 Å². The SMILES string of the molecule is Cc1[nH]cc(C#N)c1-c1ccc(F)c(Cl)c1F. The summed E-state index contributed by atoms with van der Waals surface area (Å²) in [5.41, 5.74) is 1.45. The van der Waals surface area contributed by atoms with Crippen molar-refractivity contribution in [1.29, 1.82) is 5.26 Å². The molecule has 2 nitrogen and oxygen atoms in total. The van der Waals surface area contributed by atoms with Gasteiger partial charge in [-0.25, -0.2) is 8.78 Å². The van der Waals surface area contributed by atoms with Gasteiger partial charge in [0.15, 0.2) is 5.82 Å². The molecule has 1 aromatic carbocycles. The van der Waals surface area contributed by atoms with Gasteiger partial charge in [-0.3, -0.25) is 0 Å². The molecule has 0 aliphatic rings. The molecule has 0 saturated carbocycles. The second-order valence-corrected chi connectivity index (χ2v) is 3.92. The first-order valence-electron chi connectivity index (χ1n) is 4.78. The first-order valence-corrected chi connectivity index (χ1v) is 5.16. The summed E-state index contributed by atoms with van der Waals surface area (Å²) in [6.07, 6.45) is 1.47. The smallest absolute Gasteiger partial charge is 0.152 e. The van der Waals surface area contributed by atoms with Crippen LogP contribution in [0.1, 0.15) is 11.3 Å². The third kappa shape index (κ3) is 1.79. The van der Waals surface area contributed by atoms with Crippen molar-refractivity contribution in [3.8, 4) is 17.2 Å². The lowest BCUT2D eigenvalue weighted by atomic mass is 10.0. The van der Waals surface area contributed by atoms with E-state index >= 15 is 0 Å². The standard InChI is InChI=1S/C12H7ClF2N2/c1-6-10(7(4-16)5-17-6)8-2-3-9(14)11(13)12(8)15/h2-3,5,17H,1H3. The highest BCUT2D eigenvalue weighted by Crippen LogP contribution is 2.33. The van der Waals surface area contributed by atoms with Gasteiger partial charge in [-0.05, 0) is 19.1 Å². The van der Waals surface area contributed by atoms with Crippen molar-refractivity contribution in [3.05, 3.63) is 46.2 Å². The van der Waals surface area contributed by atoms with Crippen LogP contribution in [0.2, 0.25) is 5.02 Å². The van der Waals surface area contributed by atoms with Crippen LogP contribution in [0.15, 0.2) is 18.3 Å². The van der Waals surface area contributed by atoms with E-state index in [4.69, 9.17) is 16.9 Å². The van der Waals surface area contributed by atoms with E-state index in [1.807, 2.05) is 6.07 Å². The number of nitrogens with one attached hydrogen (secondary N) is 1. The molecular weight excluding hydrogens is 246 g/mol. The second-order valence-electron chi connectivity index (χ2n) is 3.54. The number of aromatic amines is 1. The van der Waals surface area contributed by atoms with Crippen LogP contribution >= 0.6 is 11.6 Å². The van der Waals surface area contributed by atoms with Gasteiger partial charge in [-0.15, -0.1) is 0 Å². The Balaban J connectivity index is 2.74. The molecule has 5 heteroatoms. The molecule has 0 amide bonds. The Hall–Kier alpha value is -1.86. The number of nitrogens with zero attached hydrogens (tertiary/aromatic N) is 1. The number of aryl methyl sites for hydroxylation is 1. The van der Waals surface area contributed by atoms with Gasteiger partial charge in [0, 0.05) is 23.0 Å². The topological polar surface area (TPSA) is 39.6 Å². The number of rotatable bonds is 1. The van der Waals surface area contributed by atoms with Crippen molar-refractivity contribution in [3.63, 3.8) is 0 Å². The van der Waals surface area contributed by atoms with Gasteiger partial charge in [0.25, 0.3) is 0 Å². The summed E-state index contributed by atoms with van der Waals surface area (Å²) >= 11 is 5.50. The Morgan fingerprint density at radius 1 is 1.35 bits per heavy atom. The van der Waals surface area contributed by atoms with E-state index in [1.165, 1.54) is 12.3 Å². The molecule has 0 aliphatic heterocycles. The zero-order chi connectivity index (χ0) is 12.6. The van der Waals surface area contributed by atoms with Crippen LogP contribution in [0.4, 0.5) is 8.78 Å². The number of aromatic nitrogens is 1. The van der Waals surface area contributed by atoms with Gasteiger partial charge in [0.2, 0.25) is 0 Å². The first-order chi connectivity index (χ1) is 8.06. The first kappa shape index (κ1) is 11.6. The Kier molecular flexibility index (Phi) is 2.86. The molecule has 1 aromatic heterocycles. The summed E-state index contributed by atoms with van der Waals surface area (Å²) in [6.45, 7) is 1.70. The molecule has 0 bridgehead atoms. The van der Waals surface area contributed by atoms with Crippen molar-refractivity contribution >= 4 is 11.6 Å². The van der Waals surface area contributed by atoms with Crippen LogP contribution in [0.3, 0.4) is 0 Å². The molecule has 0 radical (unpaired) electrons. The lowest BCUT2D eigenvalue weighted by Crippen LogP contribution is -1.91. The second kappa shape index (κ2) is 4.19. The molecule has 0 aliphatic carbocycles. The van der Waals surface area contributed by atoms with E-state index in [2.05, 4.69) is 4.98 Å². The molecule has 0 atom stereocenters. The molecule has 0 saturated heterocycles. The van der Waals surface area contributed by atoms with Crippen molar-refractivity contribution in [1.82, 2.24) is 4.98 Å². The predicted molar refractivity (Wildman–Crippen MR) is 60.6 cm³/mol. The molecule has 1 N–H and O–H groups in total. The minimum absolute atomic E-state index is 0.117. The summed E-state index contributed by atoms with van der Waals surface area (Å²) in [4.78, 5) is 2.82. The van der Waals surface area contributed by atoms with Crippen molar-refractivity contribution < 1.29 is 8.78 Å². The lowest BCUT2D eigenvalue weighted by Gasteiger charge is -2.05. The van der Waals surface area contributed by atoms with Crippen LogP contribution in [-0.2, 0) is 0 Å². The van der Waals surface area contributed by atoms with Crippen molar-refractivity contribution in [2.45, 2.75) is 6.92 Å². The van der Waals surface area contributed by atoms with Gasteiger partial charge in [0.05, 0.1) is 5.56 Å². The maximum Gasteiger partial charge on any atom is 0.152 e. The van der Waals surface area contributed by atoms with E-state index in [0.29, 0.717) is 16.8 Å². The predicted octanol–water partition coefficient (Wildman–Crippen LogP) is 3.79. The van der Waals surface area contributed by atoms with E-state index < -0.39 is 16.7 Å². The summed E-state index contributed by atoms with van der Waals surface area (Å²) in [5, 5.41) is 8.35. The number of nitriles is 1. The summed E-state index contributed by atoms with van der Waals surface area (Å²) in [7, 11) is 0. The summed E-state index contributed by atoms with van der Waals surface area (Å²) in [5.74, 6) is -1.68. The fourth-order valence-corrected chi connectivity index (χ4v) is 1.85. The number of hydrogen-bond acceptors (Lipinski definition) is 1. The molecule has 0 spiro atoms. The molecule has 2 rings (SSSR count). The molecule has 1 heterocycles. The molecule has 17 heavy (non-hydrogen) atoms. The molecule has 2 aromatic rings. The Bertz CT molecular complexity index is 626. The van der Waals surface area contributed by atoms with Crippen molar-refractivity contribution in [2.75, 3.05) is 0 Å². The van der Waals surface area contributed by atoms with Gasteiger partial charge in [0.1, 0.15) is 16.9 Å². The maximum atomic E-state index is 13.8. The quantitative estimate of drug-likeness (QED) is 0.771. The Labute approximate surface area is 101 Å². The molecule has 0 unspecified atom stereocenters. The third-order valence-electron chi connectivity index (χ3n) is 2.50. The highest BCUT2D eigenvalue weighted by molar-refractivity contribution is 6.31. The zero-order valence-electron chi connectivity index (χ0n) is 8.81. The average Bonchev–Trinajstić information content (AvgIpc) is 2.68. The Morgan fingerprint density at radius 2 is 2.06 bits per heavy atom. The van der Waals surface area contributed by atoms with Gasteiger partial charge in [-0.2, -0.15) is 5.26 Å². The van der Waals surface area contributed by atoms with Crippen molar-refractivity contribution in [2.24, 2.45) is 0 Å². The van der Waals surface area contributed by atoms with Gasteiger partial charge >= 0.3 is 0 Å². The average molecular weight is 253 g/mol. The maximum absolute atomic E-state index is 13.8. The van der Waals surface area contributed by atoms with E-state index in [9.17, 15) is 8.78 Å². The minimum atomic E-state index is -0.856.